The Morgan fingerprint density at radius 2 is 2.23 bits per heavy atom. The van der Waals surface area contributed by atoms with Gasteiger partial charge in [-0.2, -0.15) is 0 Å². The number of fused-ring (bicyclic) bond motifs is 1. The van der Waals surface area contributed by atoms with Crippen LogP contribution in [-0.2, 0) is 16.0 Å². The second-order valence-corrected chi connectivity index (χ2v) is 5.75. The van der Waals surface area contributed by atoms with Crippen molar-refractivity contribution in [3.8, 4) is 11.5 Å². The van der Waals surface area contributed by atoms with E-state index in [1.165, 1.54) is 0 Å². The number of nitrogens with one attached hydrogen (secondary N) is 1. The van der Waals surface area contributed by atoms with Crippen molar-refractivity contribution in [1.82, 2.24) is 10.2 Å². The summed E-state index contributed by atoms with van der Waals surface area (Å²) in [5, 5.41) is 2.95. The molecule has 2 heterocycles. The highest BCUT2D eigenvalue weighted by Crippen LogP contribution is 2.32. The van der Waals surface area contributed by atoms with Crippen molar-refractivity contribution >= 4 is 5.91 Å². The molecule has 1 fully saturated rings. The van der Waals surface area contributed by atoms with Crippen molar-refractivity contribution in [2.45, 2.75) is 18.9 Å². The van der Waals surface area contributed by atoms with Crippen LogP contribution in [0.2, 0.25) is 0 Å². The Hall–Kier alpha value is -1.79. The van der Waals surface area contributed by atoms with Crippen LogP contribution in [0, 0.1) is 0 Å². The molecule has 1 N–H and O–H groups in total. The van der Waals surface area contributed by atoms with Crippen LogP contribution in [0.4, 0.5) is 0 Å². The van der Waals surface area contributed by atoms with E-state index in [4.69, 9.17) is 14.2 Å². The number of hydrogen-bond acceptors (Lipinski definition) is 5. The van der Waals surface area contributed by atoms with E-state index in [-0.39, 0.29) is 18.8 Å². The molecule has 0 bridgehead atoms. The maximum Gasteiger partial charge on any atom is 0.231 e. The zero-order valence-electron chi connectivity index (χ0n) is 12.8. The van der Waals surface area contributed by atoms with Gasteiger partial charge in [-0.1, -0.05) is 6.07 Å². The SMILES string of the molecule is CN1CCO[C@@H](CNC(=O)CCc2ccc3c(c2)OCO3)C1. The second-order valence-electron chi connectivity index (χ2n) is 5.75. The molecule has 1 atom stereocenters. The van der Waals surface area contributed by atoms with Crippen molar-refractivity contribution in [3.05, 3.63) is 23.8 Å². The minimum absolute atomic E-state index is 0.0505. The maximum absolute atomic E-state index is 11.9. The Morgan fingerprint density at radius 3 is 3.09 bits per heavy atom. The fourth-order valence-electron chi connectivity index (χ4n) is 2.66. The molecule has 120 valence electrons. The highest BCUT2D eigenvalue weighted by atomic mass is 16.7. The maximum atomic E-state index is 11.9. The summed E-state index contributed by atoms with van der Waals surface area (Å²) >= 11 is 0. The summed E-state index contributed by atoms with van der Waals surface area (Å²) in [6.07, 6.45) is 1.24. The van der Waals surface area contributed by atoms with Crippen LogP contribution in [0.25, 0.3) is 0 Å². The molecule has 6 heteroatoms. The number of ether oxygens (including phenoxy) is 3. The molecule has 1 aromatic carbocycles. The van der Waals surface area contributed by atoms with Gasteiger partial charge in [-0.3, -0.25) is 4.79 Å². The number of rotatable bonds is 5. The van der Waals surface area contributed by atoms with E-state index in [0.29, 0.717) is 19.4 Å². The topological polar surface area (TPSA) is 60.0 Å². The normalized spacial score (nSPS) is 20.9. The Kier molecular flexibility index (Phi) is 4.80. The lowest BCUT2D eigenvalue weighted by molar-refractivity contribution is -0.122. The number of carbonyl (C=O) groups excluding carboxylic acids is 1. The van der Waals surface area contributed by atoms with Gasteiger partial charge in [-0.15, -0.1) is 0 Å². The highest BCUT2D eigenvalue weighted by Gasteiger charge is 2.18. The minimum Gasteiger partial charge on any atom is -0.454 e. The molecule has 0 aliphatic carbocycles. The van der Waals surface area contributed by atoms with Gasteiger partial charge in [0.2, 0.25) is 12.7 Å². The largest absolute Gasteiger partial charge is 0.454 e. The van der Waals surface area contributed by atoms with Gasteiger partial charge in [-0.05, 0) is 31.2 Å². The average Bonchev–Trinajstić information content (AvgIpc) is 2.98. The van der Waals surface area contributed by atoms with Crippen LogP contribution >= 0.6 is 0 Å². The minimum atomic E-state index is 0.0505. The predicted octanol–water partition coefficient (Wildman–Crippen LogP) is 0.795. The van der Waals surface area contributed by atoms with Crippen molar-refractivity contribution in [1.29, 1.82) is 0 Å². The number of hydrogen-bond donors (Lipinski definition) is 1. The van der Waals surface area contributed by atoms with Crippen LogP contribution in [-0.4, -0.2) is 57.0 Å². The van der Waals surface area contributed by atoms with E-state index in [9.17, 15) is 4.79 Å². The van der Waals surface area contributed by atoms with E-state index < -0.39 is 0 Å². The molecule has 3 rings (SSSR count). The summed E-state index contributed by atoms with van der Waals surface area (Å²) in [5.74, 6) is 1.58. The van der Waals surface area contributed by atoms with Crippen LogP contribution in [0.5, 0.6) is 11.5 Å². The van der Waals surface area contributed by atoms with Gasteiger partial charge in [0.05, 0.1) is 12.7 Å². The lowest BCUT2D eigenvalue weighted by atomic mass is 10.1. The molecular weight excluding hydrogens is 284 g/mol. The van der Waals surface area contributed by atoms with Crippen LogP contribution in [0.3, 0.4) is 0 Å². The third-order valence-corrected chi connectivity index (χ3v) is 3.95. The number of amides is 1. The lowest BCUT2D eigenvalue weighted by Crippen LogP contribution is -2.45. The monoisotopic (exact) mass is 306 g/mol. The third-order valence-electron chi connectivity index (χ3n) is 3.95. The first kappa shape index (κ1) is 15.1. The first-order valence-corrected chi connectivity index (χ1v) is 7.66. The van der Waals surface area contributed by atoms with Gasteiger partial charge in [-0.25, -0.2) is 0 Å². The van der Waals surface area contributed by atoms with E-state index >= 15 is 0 Å². The molecule has 1 saturated heterocycles. The zero-order chi connectivity index (χ0) is 15.4. The summed E-state index contributed by atoms with van der Waals surface area (Å²) in [6, 6.07) is 5.80. The molecule has 22 heavy (non-hydrogen) atoms. The van der Waals surface area contributed by atoms with Crippen LogP contribution < -0.4 is 14.8 Å². The van der Waals surface area contributed by atoms with Crippen LogP contribution in [0.15, 0.2) is 18.2 Å². The fraction of sp³-hybridized carbons (Fsp3) is 0.562. The first-order chi connectivity index (χ1) is 10.7. The molecule has 6 nitrogen and oxygen atoms in total. The molecular formula is C16H22N2O4. The fourth-order valence-corrected chi connectivity index (χ4v) is 2.66. The van der Waals surface area contributed by atoms with Gasteiger partial charge in [0.25, 0.3) is 0 Å². The number of benzene rings is 1. The Bertz CT molecular complexity index is 535. The van der Waals surface area contributed by atoms with E-state index in [1.54, 1.807) is 0 Å². The quantitative estimate of drug-likeness (QED) is 0.872. The first-order valence-electron chi connectivity index (χ1n) is 7.66. The highest BCUT2D eigenvalue weighted by molar-refractivity contribution is 5.76. The molecule has 0 unspecified atom stereocenters. The summed E-state index contributed by atoms with van der Waals surface area (Å²) in [5.41, 5.74) is 1.08. The number of likely N-dealkylation sites (N-methyl/N-ethyl adjacent to an activating group) is 1. The van der Waals surface area contributed by atoms with E-state index in [2.05, 4.69) is 17.3 Å². The molecule has 0 aromatic heterocycles. The van der Waals surface area contributed by atoms with Gasteiger partial charge in [0.1, 0.15) is 0 Å². The summed E-state index contributed by atoms with van der Waals surface area (Å²) in [6.45, 7) is 3.39. The predicted molar refractivity (Wildman–Crippen MR) is 81.1 cm³/mol. The van der Waals surface area contributed by atoms with Gasteiger partial charge in [0, 0.05) is 26.1 Å². The number of nitrogens with zero attached hydrogens (tertiary/aromatic N) is 1. The molecule has 0 radical (unpaired) electrons. The number of aryl methyl sites for hydroxylation is 1. The van der Waals surface area contributed by atoms with E-state index in [0.717, 1.165) is 36.8 Å². The van der Waals surface area contributed by atoms with Crippen molar-refractivity contribution < 1.29 is 19.0 Å². The Balaban J connectivity index is 1.40. The molecule has 1 amide bonds. The van der Waals surface area contributed by atoms with E-state index in [1.807, 2.05) is 18.2 Å². The average molecular weight is 306 g/mol. The third kappa shape index (κ3) is 3.90. The molecule has 0 saturated carbocycles. The van der Waals surface area contributed by atoms with Crippen molar-refractivity contribution in [3.63, 3.8) is 0 Å². The Morgan fingerprint density at radius 1 is 1.36 bits per heavy atom. The van der Waals surface area contributed by atoms with Gasteiger partial charge in [0.15, 0.2) is 11.5 Å². The summed E-state index contributed by atoms with van der Waals surface area (Å²) in [4.78, 5) is 14.2. The standard InChI is InChI=1S/C16H22N2O4/c1-18-6-7-20-13(10-18)9-17-16(19)5-3-12-2-4-14-15(8-12)22-11-21-14/h2,4,8,13H,3,5-7,9-11H2,1H3,(H,17,19)/t13-/m0/s1. The zero-order valence-corrected chi connectivity index (χ0v) is 12.8. The van der Waals surface area contributed by atoms with Crippen molar-refractivity contribution in [2.24, 2.45) is 0 Å². The van der Waals surface area contributed by atoms with Crippen molar-refractivity contribution in [2.75, 3.05) is 40.1 Å². The van der Waals surface area contributed by atoms with Crippen LogP contribution in [0.1, 0.15) is 12.0 Å². The Labute approximate surface area is 130 Å². The molecule has 2 aliphatic heterocycles. The number of morpholine rings is 1. The van der Waals surface area contributed by atoms with Gasteiger partial charge < -0.3 is 24.4 Å². The smallest absolute Gasteiger partial charge is 0.231 e. The summed E-state index contributed by atoms with van der Waals surface area (Å²) < 4.78 is 16.2. The second kappa shape index (κ2) is 6.98. The molecule has 1 aromatic rings. The summed E-state index contributed by atoms with van der Waals surface area (Å²) in [7, 11) is 2.07. The van der Waals surface area contributed by atoms with Gasteiger partial charge >= 0.3 is 0 Å². The molecule has 0 spiro atoms. The number of carbonyl (C=O) groups is 1. The molecule has 2 aliphatic rings. The lowest BCUT2D eigenvalue weighted by Gasteiger charge is -2.30.